The van der Waals surface area contributed by atoms with Crippen molar-refractivity contribution in [2.24, 2.45) is 23.2 Å². The van der Waals surface area contributed by atoms with Gasteiger partial charge in [-0.25, -0.2) is 8.78 Å². The van der Waals surface area contributed by atoms with Gasteiger partial charge in [-0.15, -0.1) is 0 Å². The quantitative estimate of drug-likeness (QED) is 0.478. The summed E-state index contributed by atoms with van der Waals surface area (Å²) >= 11 is 0. The predicted octanol–water partition coefficient (Wildman–Crippen LogP) is 6.75. The summed E-state index contributed by atoms with van der Waals surface area (Å²) in [6, 6.07) is 0. The lowest BCUT2D eigenvalue weighted by atomic mass is 9.63. The predicted molar refractivity (Wildman–Crippen MR) is 123 cm³/mol. The van der Waals surface area contributed by atoms with E-state index in [4.69, 9.17) is 0 Å². The number of likely N-dealkylation sites (tertiary alicyclic amines) is 1. The molecule has 0 bridgehead atoms. The van der Waals surface area contributed by atoms with Gasteiger partial charge in [0.1, 0.15) is 0 Å². The Balaban J connectivity index is 1.31. The number of aliphatic hydroxyl groups is 1. The molecule has 4 fully saturated rings. The van der Waals surface area contributed by atoms with E-state index in [0.29, 0.717) is 17.8 Å². The van der Waals surface area contributed by atoms with Gasteiger partial charge in [0.25, 0.3) is 0 Å². The summed E-state index contributed by atoms with van der Waals surface area (Å²) in [5.74, 6) is 2.01. The molecular weight excluding hydrogens is 392 g/mol. The lowest BCUT2D eigenvalue weighted by molar-refractivity contribution is 0.117. The summed E-state index contributed by atoms with van der Waals surface area (Å²) in [5, 5.41) is 9.96. The van der Waals surface area contributed by atoms with Gasteiger partial charge in [-0.3, -0.25) is 0 Å². The molecule has 5 unspecified atom stereocenters. The molecule has 4 aliphatic rings. The average molecular weight is 436 g/mol. The first-order valence-electron chi connectivity index (χ1n) is 13.0. The number of rotatable bonds is 7. The van der Waals surface area contributed by atoms with Gasteiger partial charge in [-0.05, 0) is 113 Å². The van der Waals surface area contributed by atoms with Crippen LogP contribution in [-0.4, -0.2) is 42.2 Å². The van der Waals surface area contributed by atoms with E-state index in [1.807, 2.05) is 0 Å². The van der Waals surface area contributed by atoms with E-state index < -0.39 is 6.43 Å². The van der Waals surface area contributed by atoms with Gasteiger partial charge in [0, 0.05) is 13.0 Å². The molecule has 31 heavy (non-hydrogen) atoms. The molecule has 1 aliphatic heterocycles. The molecule has 0 spiro atoms. The maximum atomic E-state index is 12.5. The van der Waals surface area contributed by atoms with Crippen molar-refractivity contribution in [3.8, 4) is 0 Å². The molecule has 0 amide bonds. The molecule has 3 saturated carbocycles. The Bertz CT molecular complexity index is 660. The highest BCUT2D eigenvalue weighted by Crippen LogP contribution is 2.58. The first kappa shape index (κ1) is 23.4. The number of aliphatic hydroxyl groups excluding tert-OH is 1. The fourth-order valence-electron chi connectivity index (χ4n) is 7.32. The molecule has 4 rings (SSSR count). The number of hydrogen-bond donors (Lipinski definition) is 1. The van der Waals surface area contributed by atoms with Crippen LogP contribution in [0.3, 0.4) is 0 Å². The minimum absolute atomic E-state index is 0.0745. The van der Waals surface area contributed by atoms with Crippen LogP contribution in [0.2, 0.25) is 0 Å². The van der Waals surface area contributed by atoms with Crippen LogP contribution < -0.4 is 0 Å². The molecule has 5 atom stereocenters. The zero-order valence-corrected chi connectivity index (χ0v) is 19.5. The smallest absolute Gasteiger partial charge is 0.238 e. The van der Waals surface area contributed by atoms with Gasteiger partial charge < -0.3 is 10.0 Å². The highest BCUT2D eigenvalue weighted by Gasteiger charge is 2.48. The molecule has 2 nitrogen and oxygen atoms in total. The molecule has 0 aromatic heterocycles. The van der Waals surface area contributed by atoms with E-state index in [0.717, 1.165) is 63.6 Å². The summed E-state index contributed by atoms with van der Waals surface area (Å²) < 4.78 is 25.0. The first-order valence-corrected chi connectivity index (χ1v) is 13.0. The lowest BCUT2D eigenvalue weighted by Gasteiger charge is -2.43. The number of hydrogen-bond acceptors (Lipinski definition) is 2. The van der Waals surface area contributed by atoms with E-state index in [9.17, 15) is 13.9 Å². The fourth-order valence-corrected chi connectivity index (χ4v) is 7.32. The number of allylic oxidation sites excluding steroid dienone is 3. The van der Waals surface area contributed by atoms with E-state index >= 15 is 0 Å². The van der Waals surface area contributed by atoms with E-state index in [2.05, 4.69) is 24.0 Å². The van der Waals surface area contributed by atoms with Gasteiger partial charge in [-0.1, -0.05) is 30.2 Å². The summed E-state index contributed by atoms with van der Waals surface area (Å²) in [6.07, 6.45) is 16.3. The van der Waals surface area contributed by atoms with Crippen LogP contribution in [-0.2, 0) is 0 Å². The van der Waals surface area contributed by atoms with Crippen LogP contribution >= 0.6 is 0 Å². The molecule has 3 aliphatic carbocycles. The Labute approximate surface area is 188 Å². The zero-order chi connectivity index (χ0) is 21.8. The van der Waals surface area contributed by atoms with Gasteiger partial charge in [-0.2, -0.15) is 0 Å². The average Bonchev–Trinajstić information content (AvgIpc) is 3.33. The van der Waals surface area contributed by atoms with Crippen LogP contribution in [0.1, 0.15) is 90.4 Å². The molecule has 0 radical (unpaired) electrons. The third kappa shape index (κ3) is 5.79. The van der Waals surface area contributed by atoms with Crippen molar-refractivity contribution in [1.29, 1.82) is 0 Å². The standard InChI is InChI=1S/C27H43F2NO/c1-27-15-3-5-22(9-7-20-4-2-6-24(31)18-20)25(27)11-10-23(27)14-17-30-16-13-21(19-30)8-12-26(28)29/h7,9,21,23-26,31H,2-6,8,10-19H2,1H3/b20-7-,22-9+. The molecular formula is C27H43F2NO. The topological polar surface area (TPSA) is 23.5 Å². The summed E-state index contributed by atoms with van der Waals surface area (Å²) in [6.45, 7) is 5.84. The van der Waals surface area contributed by atoms with Crippen LogP contribution in [0.4, 0.5) is 8.78 Å². The van der Waals surface area contributed by atoms with Crippen molar-refractivity contribution in [1.82, 2.24) is 4.90 Å². The normalized spacial score (nSPS) is 39.6. The Morgan fingerprint density at radius 3 is 2.77 bits per heavy atom. The number of fused-ring (bicyclic) bond motifs is 1. The summed E-state index contributed by atoms with van der Waals surface area (Å²) in [5.41, 5.74) is 3.53. The van der Waals surface area contributed by atoms with Crippen LogP contribution in [0.5, 0.6) is 0 Å². The second-order valence-corrected chi connectivity index (χ2v) is 11.2. The van der Waals surface area contributed by atoms with Gasteiger partial charge >= 0.3 is 0 Å². The summed E-state index contributed by atoms with van der Waals surface area (Å²) in [4.78, 5) is 2.55. The van der Waals surface area contributed by atoms with Crippen LogP contribution in [0.15, 0.2) is 23.3 Å². The second kappa shape index (κ2) is 10.5. The maximum absolute atomic E-state index is 12.5. The zero-order valence-electron chi connectivity index (χ0n) is 19.5. The molecule has 176 valence electrons. The Kier molecular flexibility index (Phi) is 7.90. The monoisotopic (exact) mass is 435 g/mol. The van der Waals surface area contributed by atoms with Gasteiger partial charge in [0.2, 0.25) is 6.43 Å². The molecule has 1 N–H and O–H groups in total. The minimum Gasteiger partial charge on any atom is -0.393 e. The minimum atomic E-state index is -2.14. The van der Waals surface area contributed by atoms with E-state index in [-0.39, 0.29) is 12.5 Å². The van der Waals surface area contributed by atoms with Crippen molar-refractivity contribution in [2.45, 2.75) is 103 Å². The number of halogens is 2. The molecule has 1 saturated heterocycles. The Hall–Kier alpha value is -0.740. The Morgan fingerprint density at radius 1 is 1.10 bits per heavy atom. The fraction of sp³-hybridized carbons (Fsp3) is 0.852. The van der Waals surface area contributed by atoms with Crippen molar-refractivity contribution in [3.63, 3.8) is 0 Å². The third-order valence-electron chi connectivity index (χ3n) is 9.18. The molecule has 0 aromatic rings. The Morgan fingerprint density at radius 2 is 1.97 bits per heavy atom. The van der Waals surface area contributed by atoms with Crippen molar-refractivity contribution >= 4 is 0 Å². The van der Waals surface area contributed by atoms with Crippen molar-refractivity contribution in [2.75, 3.05) is 19.6 Å². The highest BCUT2D eigenvalue weighted by molar-refractivity contribution is 5.25. The van der Waals surface area contributed by atoms with Crippen LogP contribution in [0, 0.1) is 23.2 Å². The highest BCUT2D eigenvalue weighted by atomic mass is 19.3. The van der Waals surface area contributed by atoms with Crippen molar-refractivity contribution in [3.05, 3.63) is 23.3 Å². The first-order chi connectivity index (χ1) is 14.9. The third-order valence-corrected chi connectivity index (χ3v) is 9.18. The lowest BCUT2D eigenvalue weighted by Crippen LogP contribution is -2.35. The van der Waals surface area contributed by atoms with Gasteiger partial charge in [0.05, 0.1) is 6.10 Å². The second-order valence-electron chi connectivity index (χ2n) is 11.2. The van der Waals surface area contributed by atoms with E-state index in [1.54, 1.807) is 5.57 Å². The van der Waals surface area contributed by atoms with E-state index in [1.165, 1.54) is 44.1 Å². The van der Waals surface area contributed by atoms with Crippen LogP contribution in [0.25, 0.3) is 0 Å². The maximum Gasteiger partial charge on any atom is 0.238 e. The molecule has 1 heterocycles. The number of nitrogens with zero attached hydrogens (tertiary/aromatic N) is 1. The number of alkyl halides is 2. The summed E-state index contributed by atoms with van der Waals surface area (Å²) in [7, 11) is 0. The molecule has 0 aromatic carbocycles. The van der Waals surface area contributed by atoms with Gasteiger partial charge in [0.15, 0.2) is 0 Å². The largest absolute Gasteiger partial charge is 0.393 e. The molecule has 4 heteroatoms. The van der Waals surface area contributed by atoms with Crippen molar-refractivity contribution < 1.29 is 13.9 Å². The SMILES string of the molecule is CC12CCC/C(=C\C=C3\CCCC(O)C3)C1CCC2CCN1CCC(CCC(F)F)C1.